The average molecular weight is 534 g/mol. The molecule has 8 heteroatoms. The molecule has 2 N–H and O–H groups in total. The molecule has 0 fully saturated rings. The summed E-state index contributed by atoms with van der Waals surface area (Å²) in [4.78, 5) is 16.9. The molecule has 4 aromatic rings. The second-order valence-corrected chi connectivity index (χ2v) is 8.16. The van der Waals surface area contributed by atoms with Gasteiger partial charge in [-0.05, 0) is 89.4 Å². The Kier molecular flexibility index (Phi) is 5.79. The lowest BCUT2D eigenvalue weighted by Crippen LogP contribution is -2.34. The molecule has 29 heavy (non-hydrogen) atoms. The fraction of sp³-hybridized carbons (Fsp3) is 0. The van der Waals surface area contributed by atoms with E-state index in [-0.39, 0.29) is 11.0 Å². The number of oxazole rings is 1. The summed E-state index contributed by atoms with van der Waals surface area (Å²) in [6, 6.07) is 20.1. The summed E-state index contributed by atoms with van der Waals surface area (Å²) in [6.07, 6.45) is 0. The van der Waals surface area contributed by atoms with E-state index in [1.807, 2.05) is 30.3 Å². The highest BCUT2D eigenvalue weighted by Crippen LogP contribution is 2.26. The van der Waals surface area contributed by atoms with Gasteiger partial charge in [0.1, 0.15) is 5.52 Å². The fourth-order valence-corrected chi connectivity index (χ4v) is 3.49. The van der Waals surface area contributed by atoms with E-state index in [0.29, 0.717) is 33.3 Å². The van der Waals surface area contributed by atoms with Crippen LogP contribution in [0, 0.1) is 3.57 Å². The quantitative estimate of drug-likeness (QED) is 0.254. The number of fused-ring (bicyclic) bond motifs is 1. The Balaban J connectivity index is 1.49. The van der Waals surface area contributed by atoms with E-state index in [4.69, 9.17) is 28.2 Å². The number of hydrogen-bond donors (Lipinski definition) is 2. The Hall–Kier alpha value is -2.49. The molecule has 0 spiro atoms. The Morgan fingerprint density at radius 3 is 2.59 bits per heavy atom. The van der Waals surface area contributed by atoms with Crippen LogP contribution < -0.4 is 10.6 Å². The molecule has 5 nitrogen and oxygen atoms in total. The SMILES string of the molecule is O=C(NC(=S)Nc1ccc2oc(-c3ccc(I)cc3)nc2c1)c1ccccc1Cl. The number of benzene rings is 3. The third kappa shape index (κ3) is 4.58. The maximum absolute atomic E-state index is 12.3. The molecule has 0 saturated heterocycles. The number of amides is 1. The van der Waals surface area contributed by atoms with Gasteiger partial charge in [0, 0.05) is 14.8 Å². The van der Waals surface area contributed by atoms with Crippen LogP contribution in [0.2, 0.25) is 5.02 Å². The average Bonchev–Trinajstić information content (AvgIpc) is 3.12. The molecule has 0 unspecified atom stereocenters. The maximum atomic E-state index is 12.3. The van der Waals surface area contributed by atoms with Gasteiger partial charge < -0.3 is 9.73 Å². The zero-order valence-electron chi connectivity index (χ0n) is 14.8. The summed E-state index contributed by atoms with van der Waals surface area (Å²) in [5.41, 5.74) is 3.29. The van der Waals surface area contributed by atoms with Crippen molar-refractivity contribution in [3.05, 3.63) is 80.9 Å². The molecule has 4 rings (SSSR count). The van der Waals surface area contributed by atoms with Crippen molar-refractivity contribution in [3.8, 4) is 11.5 Å². The molecule has 0 aliphatic rings. The van der Waals surface area contributed by atoms with Crippen molar-refractivity contribution in [1.29, 1.82) is 0 Å². The van der Waals surface area contributed by atoms with Crippen LogP contribution in [-0.2, 0) is 0 Å². The summed E-state index contributed by atoms with van der Waals surface area (Å²) in [6.45, 7) is 0. The number of halogens is 2. The molecule has 0 saturated carbocycles. The molecule has 0 aliphatic carbocycles. The number of carbonyl (C=O) groups is 1. The first-order chi connectivity index (χ1) is 14.0. The van der Waals surface area contributed by atoms with Gasteiger partial charge in [0.05, 0.1) is 10.6 Å². The number of thiocarbonyl (C=S) groups is 1. The second kappa shape index (κ2) is 8.48. The van der Waals surface area contributed by atoms with Gasteiger partial charge in [0.15, 0.2) is 10.7 Å². The number of carbonyl (C=O) groups excluding carboxylic acids is 1. The summed E-state index contributed by atoms with van der Waals surface area (Å²) in [5.74, 6) is 0.166. The minimum Gasteiger partial charge on any atom is -0.436 e. The fourth-order valence-electron chi connectivity index (χ4n) is 2.70. The molecule has 1 aromatic heterocycles. The standard InChI is InChI=1S/C21H13ClIN3O2S/c22-16-4-2-1-3-15(16)19(27)26-21(29)24-14-9-10-18-17(11-14)25-20(28-18)12-5-7-13(23)8-6-12/h1-11H,(H2,24,26,27,29). The number of anilines is 1. The van der Waals surface area contributed by atoms with Gasteiger partial charge in [-0.1, -0.05) is 23.7 Å². The van der Waals surface area contributed by atoms with Crippen molar-refractivity contribution in [2.45, 2.75) is 0 Å². The first-order valence-electron chi connectivity index (χ1n) is 8.53. The summed E-state index contributed by atoms with van der Waals surface area (Å²) < 4.78 is 6.97. The molecular formula is C21H13ClIN3O2S. The Morgan fingerprint density at radius 1 is 1.07 bits per heavy atom. The molecule has 3 aromatic carbocycles. The highest BCUT2D eigenvalue weighted by molar-refractivity contribution is 14.1. The highest BCUT2D eigenvalue weighted by atomic mass is 127. The van der Waals surface area contributed by atoms with Gasteiger partial charge in [-0.25, -0.2) is 4.98 Å². The summed E-state index contributed by atoms with van der Waals surface area (Å²) in [7, 11) is 0. The van der Waals surface area contributed by atoms with Crippen LogP contribution in [-0.4, -0.2) is 16.0 Å². The van der Waals surface area contributed by atoms with Gasteiger partial charge >= 0.3 is 0 Å². The van der Waals surface area contributed by atoms with E-state index in [9.17, 15) is 4.79 Å². The maximum Gasteiger partial charge on any atom is 0.258 e. The molecule has 1 amide bonds. The van der Waals surface area contributed by atoms with Crippen LogP contribution in [0.4, 0.5) is 5.69 Å². The minimum absolute atomic E-state index is 0.163. The van der Waals surface area contributed by atoms with Crippen molar-refractivity contribution in [2.24, 2.45) is 0 Å². The number of hydrogen-bond acceptors (Lipinski definition) is 4. The van der Waals surface area contributed by atoms with Crippen LogP contribution in [0.1, 0.15) is 10.4 Å². The summed E-state index contributed by atoms with van der Waals surface area (Å²) >= 11 is 13.5. The normalized spacial score (nSPS) is 10.7. The minimum atomic E-state index is -0.378. The Bertz CT molecular complexity index is 1220. The highest BCUT2D eigenvalue weighted by Gasteiger charge is 2.12. The Morgan fingerprint density at radius 2 is 1.83 bits per heavy atom. The van der Waals surface area contributed by atoms with Gasteiger partial charge in [-0.15, -0.1) is 0 Å². The van der Waals surface area contributed by atoms with Crippen molar-refractivity contribution >= 4 is 74.2 Å². The molecule has 144 valence electrons. The van der Waals surface area contributed by atoms with Crippen LogP contribution in [0.5, 0.6) is 0 Å². The third-order valence-corrected chi connectivity index (χ3v) is 5.34. The van der Waals surface area contributed by atoms with E-state index in [2.05, 4.69) is 38.2 Å². The van der Waals surface area contributed by atoms with Crippen molar-refractivity contribution < 1.29 is 9.21 Å². The van der Waals surface area contributed by atoms with Gasteiger partial charge in [-0.2, -0.15) is 0 Å². The lowest BCUT2D eigenvalue weighted by molar-refractivity contribution is 0.0978. The second-order valence-electron chi connectivity index (χ2n) is 6.10. The van der Waals surface area contributed by atoms with Gasteiger partial charge in [-0.3, -0.25) is 10.1 Å². The topological polar surface area (TPSA) is 67.2 Å². The largest absolute Gasteiger partial charge is 0.436 e. The predicted octanol–water partition coefficient (Wildman–Crippen LogP) is 5.88. The number of aromatic nitrogens is 1. The van der Waals surface area contributed by atoms with E-state index < -0.39 is 0 Å². The summed E-state index contributed by atoms with van der Waals surface area (Å²) in [5, 5.41) is 6.13. The van der Waals surface area contributed by atoms with Crippen molar-refractivity contribution in [1.82, 2.24) is 10.3 Å². The molecular weight excluding hydrogens is 521 g/mol. The van der Waals surface area contributed by atoms with E-state index in [1.54, 1.807) is 36.4 Å². The van der Waals surface area contributed by atoms with Crippen molar-refractivity contribution in [3.63, 3.8) is 0 Å². The predicted molar refractivity (Wildman–Crippen MR) is 127 cm³/mol. The molecule has 1 heterocycles. The van der Waals surface area contributed by atoms with Crippen molar-refractivity contribution in [2.75, 3.05) is 5.32 Å². The molecule has 0 atom stereocenters. The smallest absolute Gasteiger partial charge is 0.258 e. The van der Waals surface area contributed by atoms with Gasteiger partial charge in [0.2, 0.25) is 5.89 Å². The first kappa shape index (κ1) is 19.8. The number of nitrogens with one attached hydrogen (secondary N) is 2. The zero-order chi connectivity index (χ0) is 20.4. The lowest BCUT2D eigenvalue weighted by Gasteiger charge is -2.10. The monoisotopic (exact) mass is 533 g/mol. The molecule has 0 radical (unpaired) electrons. The molecule has 0 aliphatic heterocycles. The Labute approximate surface area is 190 Å². The van der Waals surface area contributed by atoms with Gasteiger partial charge in [0.25, 0.3) is 5.91 Å². The van der Waals surface area contributed by atoms with Crippen LogP contribution >= 0.6 is 46.4 Å². The van der Waals surface area contributed by atoms with E-state index in [1.165, 1.54) is 0 Å². The lowest BCUT2D eigenvalue weighted by atomic mass is 10.2. The van der Waals surface area contributed by atoms with E-state index in [0.717, 1.165) is 9.13 Å². The molecule has 0 bridgehead atoms. The number of nitrogens with zero attached hydrogens (tertiary/aromatic N) is 1. The van der Waals surface area contributed by atoms with E-state index >= 15 is 0 Å². The van der Waals surface area contributed by atoms with Crippen LogP contribution in [0.15, 0.2) is 71.1 Å². The zero-order valence-corrected chi connectivity index (χ0v) is 18.5. The number of rotatable bonds is 3. The third-order valence-electron chi connectivity index (χ3n) is 4.08. The van der Waals surface area contributed by atoms with Crippen LogP contribution in [0.25, 0.3) is 22.6 Å². The van der Waals surface area contributed by atoms with Crippen LogP contribution in [0.3, 0.4) is 0 Å². The first-order valence-corrected chi connectivity index (χ1v) is 10.4.